The molecule has 29 heavy (non-hydrogen) atoms. The Morgan fingerprint density at radius 3 is 2.38 bits per heavy atom. The van der Waals surface area contributed by atoms with Crippen molar-refractivity contribution in [2.45, 2.75) is 30.9 Å². The summed E-state index contributed by atoms with van der Waals surface area (Å²) >= 11 is 0. The van der Waals surface area contributed by atoms with Crippen LogP contribution in [0.4, 0.5) is 5.69 Å². The monoisotopic (exact) mass is 423 g/mol. The molecule has 3 aliphatic rings. The zero-order valence-electron chi connectivity index (χ0n) is 16.1. The van der Waals surface area contributed by atoms with Crippen LogP contribution in [0.3, 0.4) is 0 Å². The lowest BCUT2D eigenvalue weighted by molar-refractivity contribution is -0.136. The Hall–Kier alpha value is -2.33. The number of carbonyl (C=O) groups excluding carboxylic acids is 2. The maximum Gasteiger partial charge on any atom is 0.313 e. The van der Waals surface area contributed by atoms with Crippen molar-refractivity contribution in [2.24, 2.45) is 5.92 Å². The number of anilines is 1. The Labute approximate surface area is 169 Å². The van der Waals surface area contributed by atoms with Crippen LogP contribution in [0.1, 0.15) is 25.7 Å². The third-order valence-corrected chi connectivity index (χ3v) is 7.84. The molecule has 0 aromatic heterocycles. The van der Waals surface area contributed by atoms with Crippen molar-refractivity contribution >= 4 is 27.5 Å². The van der Waals surface area contributed by atoms with Gasteiger partial charge in [-0.1, -0.05) is 0 Å². The lowest BCUT2D eigenvalue weighted by atomic mass is 9.98. The van der Waals surface area contributed by atoms with Gasteiger partial charge in [-0.25, -0.2) is 12.7 Å². The summed E-state index contributed by atoms with van der Waals surface area (Å²) in [6, 6.07) is 4.95. The SMILES string of the molecule is O=C(NCC1CCN(S(=O)(=O)C2CC2)CC1)C(=O)Nc1ccc2c(c1)OCCO2. The zero-order chi connectivity index (χ0) is 20.4. The van der Waals surface area contributed by atoms with Gasteiger partial charge in [-0.3, -0.25) is 9.59 Å². The predicted octanol–water partition coefficient (Wildman–Crippen LogP) is 0.717. The van der Waals surface area contributed by atoms with Gasteiger partial charge in [0.25, 0.3) is 0 Å². The molecule has 1 saturated heterocycles. The molecule has 0 spiro atoms. The molecular formula is C19H25N3O6S. The predicted molar refractivity (Wildman–Crippen MR) is 105 cm³/mol. The van der Waals surface area contributed by atoms with Gasteiger partial charge in [0.15, 0.2) is 11.5 Å². The number of hydrogen-bond donors (Lipinski definition) is 2. The Morgan fingerprint density at radius 1 is 1.00 bits per heavy atom. The summed E-state index contributed by atoms with van der Waals surface area (Å²) in [7, 11) is -3.14. The number of fused-ring (bicyclic) bond motifs is 1. The van der Waals surface area contributed by atoms with Gasteiger partial charge in [0.2, 0.25) is 10.0 Å². The van der Waals surface area contributed by atoms with E-state index in [1.165, 1.54) is 0 Å². The molecular weight excluding hydrogens is 398 g/mol. The largest absolute Gasteiger partial charge is 0.486 e. The minimum Gasteiger partial charge on any atom is -0.486 e. The third kappa shape index (κ3) is 4.64. The number of benzene rings is 1. The minimum atomic E-state index is -3.14. The summed E-state index contributed by atoms with van der Waals surface area (Å²) in [5.74, 6) is -0.175. The van der Waals surface area contributed by atoms with Crippen molar-refractivity contribution in [1.29, 1.82) is 0 Å². The van der Waals surface area contributed by atoms with Crippen LogP contribution >= 0.6 is 0 Å². The number of nitrogens with one attached hydrogen (secondary N) is 2. The van der Waals surface area contributed by atoms with Gasteiger partial charge < -0.3 is 20.1 Å². The van der Waals surface area contributed by atoms with E-state index in [1.54, 1.807) is 22.5 Å². The fraction of sp³-hybridized carbons (Fsp3) is 0.579. The lowest BCUT2D eigenvalue weighted by Gasteiger charge is -2.31. The Kier molecular flexibility index (Phi) is 5.64. The third-order valence-electron chi connectivity index (χ3n) is 5.44. The summed E-state index contributed by atoms with van der Waals surface area (Å²) in [6.45, 7) is 2.22. The van der Waals surface area contributed by atoms with Crippen molar-refractivity contribution in [3.8, 4) is 11.5 Å². The molecule has 1 aromatic rings. The molecule has 1 aromatic carbocycles. The van der Waals surface area contributed by atoms with E-state index in [9.17, 15) is 18.0 Å². The van der Waals surface area contributed by atoms with Gasteiger partial charge in [-0.2, -0.15) is 0 Å². The van der Waals surface area contributed by atoms with Crippen LogP contribution < -0.4 is 20.1 Å². The van der Waals surface area contributed by atoms with Crippen LogP contribution in [0.5, 0.6) is 11.5 Å². The minimum absolute atomic E-state index is 0.159. The molecule has 158 valence electrons. The first-order valence-corrected chi connectivity index (χ1v) is 11.4. The molecule has 0 unspecified atom stereocenters. The lowest BCUT2D eigenvalue weighted by Crippen LogP contribution is -2.44. The topological polar surface area (TPSA) is 114 Å². The summed E-state index contributed by atoms with van der Waals surface area (Å²) < 4.78 is 37.0. The highest BCUT2D eigenvalue weighted by atomic mass is 32.2. The van der Waals surface area contributed by atoms with E-state index in [0.29, 0.717) is 62.9 Å². The number of nitrogens with zero attached hydrogens (tertiary/aromatic N) is 1. The van der Waals surface area contributed by atoms with E-state index in [4.69, 9.17) is 9.47 Å². The van der Waals surface area contributed by atoms with E-state index in [2.05, 4.69) is 10.6 Å². The normalized spacial score (nSPS) is 20.1. The fourth-order valence-corrected chi connectivity index (χ4v) is 5.44. The first-order valence-electron chi connectivity index (χ1n) is 9.91. The second-order valence-corrected chi connectivity index (χ2v) is 9.82. The molecule has 9 nitrogen and oxygen atoms in total. The van der Waals surface area contributed by atoms with Crippen LogP contribution in [-0.2, 0) is 19.6 Å². The summed E-state index contributed by atoms with van der Waals surface area (Å²) in [5, 5.41) is 5.01. The highest BCUT2D eigenvalue weighted by Gasteiger charge is 2.41. The van der Waals surface area contributed by atoms with Crippen molar-refractivity contribution in [3.63, 3.8) is 0 Å². The Bertz CT molecular complexity index is 891. The average molecular weight is 423 g/mol. The van der Waals surface area contributed by atoms with Crippen molar-refractivity contribution in [3.05, 3.63) is 18.2 Å². The quantitative estimate of drug-likeness (QED) is 0.675. The molecule has 10 heteroatoms. The van der Waals surface area contributed by atoms with E-state index >= 15 is 0 Å². The Morgan fingerprint density at radius 2 is 1.69 bits per heavy atom. The molecule has 2 N–H and O–H groups in total. The highest BCUT2D eigenvalue weighted by Crippen LogP contribution is 2.33. The molecule has 1 aliphatic carbocycles. The summed E-state index contributed by atoms with van der Waals surface area (Å²) in [5.41, 5.74) is 0.452. The standard InChI is InChI=1S/C19H25N3O6S/c23-18(19(24)21-14-1-4-16-17(11-14)28-10-9-27-16)20-12-13-5-7-22(8-6-13)29(25,26)15-2-3-15/h1,4,11,13,15H,2-3,5-10,12H2,(H,20,23)(H,21,24). The number of piperidine rings is 1. The first kappa shape index (κ1) is 20.0. The molecule has 0 atom stereocenters. The van der Waals surface area contributed by atoms with Gasteiger partial charge in [0, 0.05) is 31.4 Å². The molecule has 2 heterocycles. The number of rotatable bonds is 5. The highest BCUT2D eigenvalue weighted by molar-refractivity contribution is 7.90. The number of carbonyl (C=O) groups is 2. The number of amides is 2. The molecule has 0 bridgehead atoms. The maximum absolute atomic E-state index is 12.3. The molecule has 0 radical (unpaired) electrons. The van der Waals surface area contributed by atoms with Crippen LogP contribution in [0, 0.1) is 5.92 Å². The average Bonchev–Trinajstić information content (AvgIpc) is 3.58. The van der Waals surface area contributed by atoms with Gasteiger partial charge >= 0.3 is 11.8 Å². The van der Waals surface area contributed by atoms with Gasteiger partial charge in [-0.05, 0) is 43.7 Å². The number of ether oxygens (including phenoxy) is 2. The maximum atomic E-state index is 12.3. The smallest absolute Gasteiger partial charge is 0.313 e. The molecule has 2 amide bonds. The summed E-state index contributed by atoms with van der Waals surface area (Å²) in [6.07, 6.45) is 2.87. The van der Waals surface area contributed by atoms with Gasteiger partial charge in [0.1, 0.15) is 13.2 Å². The second-order valence-electron chi connectivity index (χ2n) is 7.61. The summed E-state index contributed by atoms with van der Waals surface area (Å²) in [4.78, 5) is 24.3. The second kappa shape index (κ2) is 8.19. The zero-order valence-corrected chi connectivity index (χ0v) is 16.9. The van der Waals surface area contributed by atoms with Gasteiger partial charge in [0.05, 0.1) is 5.25 Å². The van der Waals surface area contributed by atoms with Crippen LogP contribution in [0.15, 0.2) is 18.2 Å². The fourth-order valence-electron chi connectivity index (χ4n) is 3.57. The molecule has 4 rings (SSSR count). The van der Waals surface area contributed by atoms with Crippen molar-refractivity contribution in [2.75, 3.05) is 38.2 Å². The van der Waals surface area contributed by atoms with E-state index < -0.39 is 21.8 Å². The molecule has 2 aliphatic heterocycles. The van der Waals surface area contributed by atoms with Crippen LogP contribution in [0.2, 0.25) is 0 Å². The van der Waals surface area contributed by atoms with Crippen LogP contribution in [-0.4, -0.2) is 62.6 Å². The van der Waals surface area contributed by atoms with Crippen LogP contribution in [0.25, 0.3) is 0 Å². The van der Waals surface area contributed by atoms with E-state index in [1.807, 2.05) is 0 Å². The molecule has 1 saturated carbocycles. The molecule has 2 fully saturated rings. The van der Waals surface area contributed by atoms with Crippen molar-refractivity contribution < 1.29 is 27.5 Å². The number of sulfonamides is 1. The first-order chi connectivity index (χ1) is 13.9. The van der Waals surface area contributed by atoms with Gasteiger partial charge in [-0.15, -0.1) is 0 Å². The Balaban J connectivity index is 1.22. The van der Waals surface area contributed by atoms with E-state index in [0.717, 1.165) is 12.8 Å². The number of hydrogen-bond acceptors (Lipinski definition) is 6. The van der Waals surface area contributed by atoms with Crippen molar-refractivity contribution in [1.82, 2.24) is 9.62 Å². The van der Waals surface area contributed by atoms with E-state index in [-0.39, 0.29) is 11.2 Å².